The number of benzene rings is 1. The third-order valence-corrected chi connectivity index (χ3v) is 4.62. The second kappa shape index (κ2) is 7.17. The number of hydrogen-bond acceptors (Lipinski definition) is 3. The fraction of sp³-hybridized carbons (Fsp3) is 0.600. The molecule has 1 heterocycles. The highest BCUT2D eigenvalue weighted by atomic mass is 32.2. The standard InChI is InChI=1S/C15H24N2S/c1-13-5-7-15(8-6-13)18-11-10-17(2)14-4-3-9-16-12-14/h5-8,14,16H,3-4,9-12H2,1-2H3. The van der Waals surface area contributed by atoms with Crippen LogP contribution in [0, 0.1) is 6.92 Å². The van der Waals surface area contributed by atoms with Crippen molar-refractivity contribution in [3.05, 3.63) is 29.8 Å². The summed E-state index contributed by atoms with van der Waals surface area (Å²) in [6, 6.07) is 9.57. The van der Waals surface area contributed by atoms with Crippen LogP contribution in [0.2, 0.25) is 0 Å². The van der Waals surface area contributed by atoms with E-state index in [1.165, 1.54) is 42.1 Å². The molecule has 18 heavy (non-hydrogen) atoms. The van der Waals surface area contributed by atoms with E-state index in [0.29, 0.717) is 0 Å². The Morgan fingerprint density at radius 3 is 2.78 bits per heavy atom. The number of aryl methyl sites for hydroxylation is 1. The van der Waals surface area contributed by atoms with Crippen molar-refractivity contribution in [1.82, 2.24) is 10.2 Å². The SMILES string of the molecule is Cc1ccc(SCCN(C)C2CCCNC2)cc1. The Balaban J connectivity index is 1.69. The number of nitrogens with one attached hydrogen (secondary N) is 1. The predicted octanol–water partition coefficient (Wildman–Crippen LogP) is 2.77. The molecule has 1 unspecified atom stereocenters. The summed E-state index contributed by atoms with van der Waals surface area (Å²) in [7, 11) is 2.26. The molecule has 0 saturated carbocycles. The maximum absolute atomic E-state index is 3.48. The van der Waals surface area contributed by atoms with Crippen LogP contribution in [0.5, 0.6) is 0 Å². The third-order valence-electron chi connectivity index (χ3n) is 3.63. The average Bonchev–Trinajstić information content (AvgIpc) is 2.42. The molecule has 0 amide bonds. The van der Waals surface area contributed by atoms with E-state index >= 15 is 0 Å². The summed E-state index contributed by atoms with van der Waals surface area (Å²) in [5, 5.41) is 3.48. The lowest BCUT2D eigenvalue weighted by atomic mass is 10.1. The van der Waals surface area contributed by atoms with Gasteiger partial charge in [0.25, 0.3) is 0 Å². The summed E-state index contributed by atoms with van der Waals surface area (Å²) >= 11 is 1.96. The number of nitrogens with zero attached hydrogens (tertiary/aromatic N) is 1. The zero-order chi connectivity index (χ0) is 12.8. The summed E-state index contributed by atoms with van der Waals surface area (Å²) in [6.07, 6.45) is 2.67. The van der Waals surface area contributed by atoms with Gasteiger partial charge in [-0.05, 0) is 45.5 Å². The van der Waals surface area contributed by atoms with E-state index in [1.54, 1.807) is 0 Å². The van der Waals surface area contributed by atoms with Crippen LogP contribution in [-0.4, -0.2) is 43.4 Å². The Labute approximate surface area is 115 Å². The second-order valence-corrected chi connectivity index (χ2v) is 6.31. The monoisotopic (exact) mass is 264 g/mol. The first-order chi connectivity index (χ1) is 8.75. The average molecular weight is 264 g/mol. The van der Waals surface area contributed by atoms with Gasteiger partial charge in [0.05, 0.1) is 0 Å². The highest BCUT2D eigenvalue weighted by Gasteiger charge is 2.16. The molecule has 1 atom stereocenters. The van der Waals surface area contributed by atoms with Gasteiger partial charge in [0.2, 0.25) is 0 Å². The van der Waals surface area contributed by atoms with Crippen LogP contribution >= 0.6 is 11.8 Å². The molecule has 3 heteroatoms. The number of piperidine rings is 1. The largest absolute Gasteiger partial charge is 0.315 e. The minimum absolute atomic E-state index is 0.734. The first-order valence-electron chi connectivity index (χ1n) is 6.86. The molecule has 0 bridgehead atoms. The van der Waals surface area contributed by atoms with E-state index in [4.69, 9.17) is 0 Å². The molecular weight excluding hydrogens is 240 g/mol. The van der Waals surface area contributed by atoms with E-state index in [1.807, 2.05) is 11.8 Å². The Hall–Kier alpha value is -0.510. The van der Waals surface area contributed by atoms with Crippen molar-refractivity contribution in [3.63, 3.8) is 0 Å². The normalized spacial score (nSPS) is 20.3. The van der Waals surface area contributed by atoms with Crippen molar-refractivity contribution in [1.29, 1.82) is 0 Å². The number of rotatable bonds is 5. The molecular formula is C15H24N2S. The van der Waals surface area contributed by atoms with E-state index in [2.05, 4.69) is 48.5 Å². The zero-order valence-electron chi connectivity index (χ0n) is 11.5. The lowest BCUT2D eigenvalue weighted by molar-refractivity contribution is 0.214. The number of likely N-dealkylation sites (N-methyl/N-ethyl adjacent to an activating group) is 1. The summed E-state index contributed by atoms with van der Waals surface area (Å²) < 4.78 is 0. The number of thioether (sulfide) groups is 1. The molecule has 1 aliphatic heterocycles. The molecule has 0 aromatic heterocycles. The van der Waals surface area contributed by atoms with E-state index in [-0.39, 0.29) is 0 Å². The summed E-state index contributed by atoms with van der Waals surface area (Å²) in [4.78, 5) is 3.89. The van der Waals surface area contributed by atoms with Crippen molar-refractivity contribution in [2.75, 3.05) is 32.4 Å². The molecule has 1 aromatic rings. The molecule has 0 radical (unpaired) electrons. The molecule has 1 saturated heterocycles. The molecule has 0 aliphatic carbocycles. The first-order valence-corrected chi connectivity index (χ1v) is 7.85. The van der Waals surface area contributed by atoms with Gasteiger partial charge in [-0.2, -0.15) is 0 Å². The maximum atomic E-state index is 3.48. The van der Waals surface area contributed by atoms with Gasteiger partial charge in [0, 0.05) is 29.8 Å². The van der Waals surface area contributed by atoms with Crippen molar-refractivity contribution >= 4 is 11.8 Å². The fourth-order valence-corrected chi connectivity index (χ4v) is 3.28. The smallest absolute Gasteiger partial charge is 0.0218 e. The van der Waals surface area contributed by atoms with Gasteiger partial charge in [-0.3, -0.25) is 0 Å². The van der Waals surface area contributed by atoms with Gasteiger partial charge >= 0.3 is 0 Å². The van der Waals surface area contributed by atoms with Crippen LogP contribution in [-0.2, 0) is 0 Å². The molecule has 1 N–H and O–H groups in total. The van der Waals surface area contributed by atoms with Crippen molar-refractivity contribution in [2.24, 2.45) is 0 Å². The number of hydrogen-bond donors (Lipinski definition) is 1. The van der Waals surface area contributed by atoms with Gasteiger partial charge in [0.1, 0.15) is 0 Å². The minimum atomic E-state index is 0.734. The zero-order valence-corrected chi connectivity index (χ0v) is 12.3. The van der Waals surface area contributed by atoms with Crippen molar-refractivity contribution < 1.29 is 0 Å². The Bertz CT molecular complexity index is 344. The fourth-order valence-electron chi connectivity index (χ4n) is 2.33. The van der Waals surface area contributed by atoms with Crippen LogP contribution < -0.4 is 5.32 Å². The highest BCUT2D eigenvalue weighted by Crippen LogP contribution is 2.18. The maximum Gasteiger partial charge on any atom is 0.0218 e. The lowest BCUT2D eigenvalue weighted by Crippen LogP contribution is -2.44. The van der Waals surface area contributed by atoms with Crippen LogP contribution in [0.25, 0.3) is 0 Å². The molecule has 2 nitrogen and oxygen atoms in total. The van der Waals surface area contributed by atoms with Gasteiger partial charge in [-0.25, -0.2) is 0 Å². The summed E-state index contributed by atoms with van der Waals surface area (Å²) in [5.41, 5.74) is 1.34. The summed E-state index contributed by atoms with van der Waals surface area (Å²) in [6.45, 7) is 5.66. The third kappa shape index (κ3) is 4.30. The van der Waals surface area contributed by atoms with Crippen molar-refractivity contribution in [2.45, 2.75) is 30.7 Å². The first kappa shape index (κ1) is 13.9. The summed E-state index contributed by atoms with van der Waals surface area (Å²) in [5.74, 6) is 1.18. The molecule has 2 rings (SSSR count). The Morgan fingerprint density at radius 2 is 2.11 bits per heavy atom. The molecule has 1 aliphatic rings. The van der Waals surface area contributed by atoms with Crippen LogP contribution in [0.1, 0.15) is 18.4 Å². The molecule has 100 valence electrons. The highest BCUT2D eigenvalue weighted by molar-refractivity contribution is 7.99. The van der Waals surface area contributed by atoms with E-state index < -0.39 is 0 Å². The quantitative estimate of drug-likeness (QED) is 0.823. The van der Waals surface area contributed by atoms with Crippen LogP contribution in [0.3, 0.4) is 0 Å². The van der Waals surface area contributed by atoms with E-state index in [0.717, 1.165) is 12.6 Å². The predicted molar refractivity (Wildman–Crippen MR) is 80.4 cm³/mol. The molecule has 1 aromatic carbocycles. The van der Waals surface area contributed by atoms with E-state index in [9.17, 15) is 0 Å². The van der Waals surface area contributed by atoms with Crippen LogP contribution in [0.15, 0.2) is 29.2 Å². The molecule has 1 fully saturated rings. The van der Waals surface area contributed by atoms with Gasteiger partial charge < -0.3 is 10.2 Å². The minimum Gasteiger partial charge on any atom is -0.315 e. The topological polar surface area (TPSA) is 15.3 Å². The van der Waals surface area contributed by atoms with Crippen LogP contribution in [0.4, 0.5) is 0 Å². The lowest BCUT2D eigenvalue weighted by Gasteiger charge is -2.31. The van der Waals surface area contributed by atoms with Gasteiger partial charge in [-0.15, -0.1) is 11.8 Å². The second-order valence-electron chi connectivity index (χ2n) is 5.14. The Morgan fingerprint density at radius 1 is 1.33 bits per heavy atom. The Kier molecular flexibility index (Phi) is 5.54. The van der Waals surface area contributed by atoms with Gasteiger partial charge in [0.15, 0.2) is 0 Å². The molecule has 0 spiro atoms. The van der Waals surface area contributed by atoms with Crippen molar-refractivity contribution in [3.8, 4) is 0 Å². The van der Waals surface area contributed by atoms with Gasteiger partial charge in [-0.1, -0.05) is 17.7 Å².